The van der Waals surface area contributed by atoms with Gasteiger partial charge in [-0.15, -0.1) is 11.3 Å². The summed E-state index contributed by atoms with van der Waals surface area (Å²) in [7, 11) is 0. The first-order valence-electron chi connectivity index (χ1n) is 6.61. The summed E-state index contributed by atoms with van der Waals surface area (Å²) in [6, 6.07) is 5.91. The summed E-state index contributed by atoms with van der Waals surface area (Å²) in [6.07, 6.45) is 4.46. The lowest BCUT2D eigenvalue weighted by Gasteiger charge is -2.08. The first-order chi connectivity index (χ1) is 9.63. The maximum absolute atomic E-state index is 13.2. The van der Waals surface area contributed by atoms with Crippen LogP contribution >= 0.6 is 11.3 Å². The van der Waals surface area contributed by atoms with Crippen LogP contribution in [0.5, 0.6) is 0 Å². The molecule has 1 aliphatic carbocycles. The number of amides is 1. The minimum atomic E-state index is -0.417. The highest BCUT2D eigenvalue weighted by Gasteiger charge is 2.17. The molecule has 104 valence electrons. The van der Waals surface area contributed by atoms with Crippen molar-refractivity contribution in [1.29, 1.82) is 0 Å². The SMILES string of the molecule is Nc1ccc(F)cc1NC(=O)c1cc2c(s1)CCCC2. The predicted molar refractivity (Wildman–Crippen MR) is 79.7 cm³/mol. The third-order valence-electron chi connectivity index (χ3n) is 3.48. The Balaban J connectivity index is 1.82. The van der Waals surface area contributed by atoms with E-state index in [1.54, 1.807) is 0 Å². The zero-order valence-corrected chi connectivity index (χ0v) is 11.7. The van der Waals surface area contributed by atoms with Crippen LogP contribution in [0.4, 0.5) is 15.8 Å². The average Bonchev–Trinajstić information content (AvgIpc) is 2.87. The van der Waals surface area contributed by atoms with E-state index in [1.165, 1.54) is 52.8 Å². The third kappa shape index (κ3) is 2.54. The van der Waals surface area contributed by atoms with Gasteiger partial charge < -0.3 is 11.1 Å². The number of anilines is 2. The Morgan fingerprint density at radius 2 is 2.05 bits per heavy atom. The van der Waals surface area contributed by atoms with Gasteiger partial charge in [0.2, 0.25) is 0 Å². The van der Waals surface area contributed by atoms with Crippen LogP contribution < -0.4 is 11.1 Å². The van der Waals surface area contributed by atoms with Crippen molar-refractivity contribution in [2.24, 2.45) is 0 Å². The van der Waals surface area contributed by atoms with E-state index in [2.05, 4.69) is 5.32 Å². The maximum Gasteiger partial charge on any atom is 0.265 e. The maximum atomic E-state index is 13.2. The van der Waals surface area contributed by atoms with Crippen molar-refractivity contribution < 1.29 is 9.18 Å². The summed E-state index contributed by atoms with van der Waals surface area (Å²) in [4.78, 5) is 14.2. The Labute approximate surface area is 120 Å². The molecule has 0 unspecified atom stereocenters. The first kappa shape index (κ1) is 13.1. The average molecular weight is 290 g/mol. The van der Waals surface area contributed by atoms with Gasteiger partial charge in [0.1, 0.15) is 5.82 Å². The lowest BCUT2D eigenvalue weighted by molar-refractivity contribution is 0.103. The molecule has 0 radical (unpaired) electrons. The molecule has 3 nitrogen and oxygen atoms in total. The molecule has 0 bridgehead atoms. The summed E-state index contributed by atoms with van der Waals surface area (Å²) in [5, 5.41) is 2.68. The first-order valence-corrected chi connectivity index (χ1v) is 7.43. The predicted octanol–water partition coefficient (Wildman–Crippen LogP) is 3.60. The number of hydrogen-bond donors (Lipinski definition) is 2. The van der Waals surface area contributed by atoms with E-state index in [9.17, 15) is 9.18 Å². The molecule has 0 atom stereocenters. The fourth-order valence-electron chi connectivity index (χ4n) is 2.42. The second-order valence-corrected chi connectivity index (χ2v) is 6.09. The van der Waals surface area contributed by atoms with Crippen LogP contribution in [0.3, 0.4) is 0 Å². The zero-order chi connectivity index (χ0) is 14.1. The molecule has 0 spiro atoms. The van der Waals surface area contributed by atoms with E-state index in [0.29, 0.717) is 16.3 Å². The largest absolute Gasteiger partial charge is 0.397 e. The van der Waals surface area contributed by atoms with Crippen LogP contribution in [-0.4, -0.2) is 5.91 Å². The molecule has 1 aromatic carbocycles. The van der Waals surface area contributed by atoms with E-state index in [-0.39, 0.29) is 5.91 Å². The van der Waals surface area contributed by atoms with Crippen LogP contribution in [-0.2, 0) is 12.8 Å². The van der Waals surface area contributed by atoms with Gasteiger partial charge in [-0.3, -0.25) is 4.79 Å². The minimum absolute atomic E-state index is 0.221. The van der Waals surface area contributed by atoms with Gasteiger partial charge >= 0.3 is 0 Å². The molecule has 0 saturated carbocycles. The second kappa shape index (κ2) is 5.25. The van der Waals surface area contributed by atoms with Gasteiger partial charge in [-0.2, -0.15) is 0 Å². The van der Waals surface area contributed by atoms with E-state index in [4.69, 9.17) is 5.73 Å². The van der Waals surface area contributed by atoms with E-state index >= 15 is 0 Å². The van der Waals surface area contributed by atoms with Crippen LogP contribution in [0.15, 0.2) is 24.3 Å². The highest BCUT2D eigenvalue weighted by atomic mass is 32.1. The van der Waals surface area contributed by atoms with Gasteiger partial charge in [0.15, 0.2) is 0 Å². The number of rotatable bonds is 2. The van der Waals surface area contributed by atoms with Gasteiger partial charge in [-0.1, -0.05) is 0 Å². The highest BCUT2D eigenvalue weighted by Crippen LogP contribution is 2.30. The van der Waals surface area contributed by atoms with Gasteiger partial charge in [0.25, 0.3) is 5.91 Å². The third-order valence-corrected chi connectivity index (χ3v) is 4.72. The van der Waals surface area contributed by atoms with Gasteiger partial charge in [0, 0.05) is 4.88 Å². The fourth-order valence-corrected chi connectivity index (χ4v) is 3.57. The number of nitrogen functional groups attached to an aromatic ring is 1. The van der Waals surface area contributed by atoms with Crippen molar-refractivity contribution in [3.63, 3.8) is 0 Å². The monoisotopic (exact) mass is 290 g/mol. The molecule has 1 amide bonds. The van der Waals surface area contributed by atoms with E-state index in [0.717, 1.165) is 12.8 Å². The van der Waals surface area contributed by atoms with Crippen LogP contribution in [0.2, 0.25) is 0 Å². The van der Waals surface area contributed by atoms with Crippen molar-refractivity contribution >= 4 is 28.6 Å². The van der Waals surface area contributed by atoms with Crippen molar-refractivity contribution in [2.75, 3.05) is 11.1 Å². The lowest BCUT2D eigenvalue weighted by Crippen LogP contribution is -2.12. The quantitative estimate of drug-likeness (QED) is 0.830. The van der Waals surface area contributed by atoms with E-state index < -0.39 is 5.82 Å². The van der Waals surface area contributed by atoms with Crippen molar-refractivity contribution in [3.8, 4) is 0 Å². The molecule has 0 aliphatic heterocycles. The minimum Gasteiger partial charge on any atom is -0.397 e. The van der Waals surface area contributed by atoms with Crippen LogP contribution in [0.25, 0.3) is 0 Å². The molecule has 0 fully saturated rings. The molecule has 20 heavy (non-hydrogen) atoms. The molecule has 5 heteroatoms. The van der Waals surface area contributed by atoms with Crippen LogP contribution in [0, 0.1) is 5.82 Å². The summed E-state index contributed by atoms with van der Waals surface area (Å²) in [5.41, 5.74) is 7.69. The normalized spacial score (nSPS) is 13.8. The summed E-state index contributed by atoms with van der Waals surface area (Å²) in [6.45, 7) is 0. The molecule has 1 heterocycles. The van der Waals surface area contributed by atoms with Gasteiger partial charge in [0.05, 0.1) is 16.3 Å². The van der Waals surface area contributed by atoms with Crippen molar-refractivity contribution in [3.05, 3.63) is 45.4 Å². The second-order valence-electron chi connectivity index (χ2n) is 4.95. The molecule has 3 N–H and O–H groups in total. The van der Waals surface area contributed by atoms with Gasteiger partial charge in [-0.25, -0.2) is 4.39 Å². The lowest BCUT2D eigenvalue weighted by atomic mass is 9.99. The topological polar surface area (TPSA) is 55.1 Å². The number of carbonyl (C=O) groups is 1. The van der Waals surface area contributed by atoms with Crippen molar-refractivity contribution in [2.45, 2.75) is 25.7 Å². The molecular weight excluding hydrogens is 275 g/mol. The van der Waals surface area contributed by atoms with E-state index in [1.807, 2.05) is 6.07 Å². The Hall–Kier alpha value is -1.88. The number of halogens is 1. The van der Waals surface area contributed by atoms with Crippen LogP contribution in [0.1, 0.15) is 33.0 Å². The number of thiophene rings is 1. The molecule has 3 rings (SSSR count). The molecule has 1 aliphatic rings. The number of carbonyl (C=O) groups excluding carboxylic acids is 1. The van der Waals surface area contributed by atoms with Crippen molar-refractivity contribution in [1.82, 2.24) is 0 Å². The number of fused-ring (bicyclic) bond motifs is 1. The number of aryl methyl sites for hydroxylation is 2. The number of hydrogen-bond acceptors (Lipinski definition) is 3. The Kier molecular flexibility index (Phi) is 3.44. The summed E-state index contributed by atoms with van der Waals surface area (Å²) >= 11 is 1.53. The Bertz CT molecular complexity index is 642. The van der Waals surface area contributed by atoms with Gasteiger partial charge in [-0.05, 0) is 55.5 Å². The number of benzene rings is 1. The Morgan fingerprint density at radius 3 is 2.85 bits per heavy atom. The smallest absolute Gasteiger partial charge is 0.265 e. The zero-order valence-electron chi connectivity index (χ0n) is 10.9. The standard InChI is InChI=1S/C15H15FN2OS/c16-10-5-6-11(17)12(8-10)18-15(19)14-7-9-3-1-2-4-13(9)20-14/h5-8H,1-4,17H2,(H,18,19). The fraction of sp³-hybridized carbons (Fsp3) is 0.267. The Morgan fingerprint density at radius 1 is 1.25 bits per heavy atom. The number of nitrogens with two attached hydrogens (primary N) is 1. The number of nitrogens with one attached hydrogen (secondary N) is 1. The summed E-state index contributed by atoms with van der Waals surface area (Å²) < 4.78 is 13.2. The summed E-state index contributed by atoms with van der Waals surface area (Å²) in [5.74, 6) is -0.637. The molecule has 0 saturated heterocycles. The molecule has 1 aromatic heterocycles. The highest BCUT2D eigenvalue weighted by molar-refractivity contribution is 7.14. The molecular formula is C15H15FN2OS. The molecule has 2 aromatic rings.